The van der Waals surface area contributed by atoms with E-state index in [0.29, 0.717) is 27.9 Å². The SMILES string of the molecule is COC(=O)C1=C(C)Nc2nc(SC)nn2[C@@H]1c1cccc(F)c1. The minimum absolute atomic E-state index is 0.378. The highest BCUT2D eigenvalue weighted by molar-refractivity contribution is 7.98. The van der Waals surface area contributed by atoms with Gasteiger partial charge in [0.1, 0.15) is 11.9 Å². The zero-order valence-electron chi connectivity index (χ0n) is 12.8. The molecule has 1 aliphatic rings. The first kappa shape index (κ1) is 15.5. The number of thioether (sulfide) groups is 1. The fraction of sp³-hybridized carbons (Fsp3) is 0.267. The zero-order valence-corrected chi connectivity index (χ0v) is 13.6. The van der Waals surface area contributed by atoms with Gasteiger partial charge >= 0.3 is 5.97 Å². The number of carbonyl (C=O) groups excluding carboxylic acids is 1. The molecular weight excluding hydrogens is 319 g/mol. The Hall–Kier alpha value is -2.35. The van der Waals surface area contributed by atoms with Crippen LogP contribution in [0.2, 0.25) is 0 Å². The third-order valence-electron chi connectivity index (χ3n) is 3.59. The average molecular weight is 334 g/mol. The van der Waals surface area contributed by atoms with E-state index in [-0.39, 0.29) is 5.82 Å². The molecule has 0 radical (unpaired) electrons. The number of allylic oxidation sites excluding steroid dienone is 1. The number of ether oxygens (including phenoxy) is 1. The zero-order chi connectivity index (χ0) is 16.6. The van der Waals surface area contributed by atoms with Gasteiger partial charge in [-0.3, -0.25) is 0 Å². The predicted octanol–water partition coefficient (Wildman–Crippen LogP) is 2.60. The second-order valence-electron chi connectivity index (χ2n) is 4.98. The summed E-state index contributed by atoms with van der Waals surface area (Å²) in [6.07, 6.45) is 1.86. The van der Waals surface area contributed by atoms with Gasteiger partial charge in [-0.05, 0) is 30.9 Å². The minimum atomic E-state index is -0.595. The number of nitrogens with zero attached hydrogens (tertiary/aromatic N) is 3. The van der Waals surface area contributed by atoms with E-state index in [4.69, 9.17) is 4.74 Å². The number of esters is 1. The molecule has 1 N–H and O–H groups in total. The van der Waals surface area contributed by atoms with Crippen LogP contribution in [-0.4, -0.2) is 34.1 Å². The molecule has 1 atom stereocenters. The second-order valence-corrected chi connectivity index (χ2v) is 5.75. The summed E-state index contributed by atoms with van der Waals surface area (Å²) in [6.45, 7) is 1.76. The van der Waals surface area contributed by atoms with Gasteiger partial charge in [-0.2, -0.15) is 4.98 Å². The Labute approximate surface area is 136 Å². The monoisotopic (exact) mass is 334 g/mol. The lowest BCUT2D eigenvalue weighted by Gasteiger charge is -2.27. The summed E-state index contributed by atoms with van der Waals surface area (Å²) < 4.78 is 20.2. The molecule has 8 heteroatoms. The Balaban J connectivity index is 2.21. The summed E-state index contributed by atoms with van der Waals surface area (Å²) in [5, 5.41) is 8.02. The molecule has 2 heterocycles. The highest BCUT2D eigenvalue weighted by atomic mass is 32.2. The van der Waals surface area contributed by atoms with Gasteiger partial charge in [0.05, 0.1) is 12.7 Å². The average Bonchev–Trinajstić information content (AvgIpc) is 2.95. The van der Waals surface area contributed by atoms with Gasteiger partial charge in [0.15, 0.2) is 0 Å². The molecule has 0 unspecified atom stereocenters. The summed E-state index contributed by atoms with van der Waals surface area (Å²) >= 11 is 1.39. The number of hydrogen-bond acceptors (Lipinski definition) is 6. The van der Waals surface area contributed by atoms with E-state index in [9.17, 15) is 9.18 Å². The molecule has 3 rings (SSSR count). The van der Waals surface area contributed by atoms with Crippen molar-refractivity contribution < 1.29 is 13.9 Å². The molecule has 0 aliphatic carbocycles. The Bertz CT molecular complexity index is 803. The number of hydrogen-bond donors (Lipinski definition) is 1. The van der Waals surface area contributed by atoms with Crippen molar-refractivity contribution in [1.29, 1.82) is 0 Å². The first-order valence-corrected chi connectivity index (χ1v) is 8.09. The highest BCUT2D eigenvalue weighted by Crippen LogP contribution is 2.36. The topological polar surface area (TPSA) is 69.0 Å². The number of carbonyl (C=O) groups is 1. The van der Waals surface area contributed by atoms with Gasteiger partial charge in [-0.25, -0.2) is 13.9 Å². The van der Waals surface area contributed by atoms with Crippen molar-refractivity contribution in [2.45, 2.75) is 18.1 Å². The van der Waals surface area contributed by atoms with Crippen molar-refractivity contribution >= 4 is 23.7 Å². The molecule has 0 fully saturated rings. The third kappa shape index (κ3) is 2.70. The van der Waals surface area contributed by atoms with Crippen LogP contribution in [0, 0.1) is 5.82 Å². The lowest BCUT2D eigenvalue weighted by molar-refractivity contribution is -0.136. The number of methoxy groups -OCH3 is 1. The Morgan fingerprint density at radius 1 is 1.48 bits per heavy atom. The molecule has 1 aromatic heterocycles. The summed E-state index contributed by atoms with van der Waals surface area (Å²) in [5.41, 5.74) is 1.59. The van der Waals surface area contributed by atoms with Crippen LogP contribution in [-0.2, 0) is 9.53 Å². The number of nitrogens with one attached hydrogen (secondary N) is 1. The second kappa shape index (κ2) is 6.04. The molecule has 2 aromatic rings. The van der Waals surface area contributed by atoms with E-state index in [1.54, 1.807) is 23.7 Å². The molecule has 1 aliphatic heterocycles. The van der Waals surface area contributed by atoms with Crippen LogP contribution < -0.4 is 5.32 Å². The highest BCUT2D eigenvalue weighted by Gasteiger charge is 2.34. The predicted molar refractivity (Wildman–Crippen MR) is 84.7 cm³/mol. The largest absolute Gasteiger partial charge is 0.466 e. The molecule has 0 bridgehead atoms. The van der Waals surface area contributed by atoms with Crippen molar-refractivity contribution in [3.05, 3.63) is 46.9 Å². The fourth-order valence-corrected chi connectivity index (χ4v) is 2.92. The quantitative estimate of drug-likeness (QED) is 0.687. The number of benzene rings is 1. The third-order valence-corrected chi connectivity index (χ3v) is 4.12. The standard InChI is InChI=1S/C15H15FN4O2S/c1-8-11(13(21)22-2)12(9-5-4-6-10(16)7-9)20-14(17-8)18-15(19-20)23-3/h4-7,12H,1-3H3,(H,17,18,19)/t12-/m1/s1. The van der Waals surface area contributed by atoms with Crippen molar-refractivity contribution in [3.63, 3.8) is 0 Å². The van der Waals surface area contributed by atoms with Crippen molar-refractivity contribution in [2.24, 2.45) is 0 Å². The molecule has 1 aromatic carbocycles. The molecule has 0 amide bonds. The molecule has 120 valence electrons. The number of rotatable bonds is 3. The fourth-order valence-electron chi connectivity index (χ4n) is 2.58. The van der Waals surface area contributed by atoms with Crippen molar-refractivity contribution in [1.82, 2.24) is 14.8 Å². The Morgan fingerprint density at radius 3 is 2.91 bits per heavy atom. The molecular formula is C15H15FN4O2S. The van der Waals surface area contributed by atoms with Gasteiger partial charge in [-0.15, -0.1) is 5.10 Å². The first-order chi connectivity index (χ1) is 11.0. The lowest BCUT2D eigenvalue weighted by atomic mass is 9.96. The molecule has 6 nitrogen and oxygen atoms in total. The molecule has 0 saturated carbocycles. The van der Waals surface area contributed by atoms with Gasteiger partial charge < -0.3 is 10.1 Å². The van der Waals surface area contributed by atoms with E-state index in [1.165, 1.54) is 31.0 Å². The maximum atomic E-state index is 13.7. The lowest BCUT2D eigenvalue weighted by Crippen LogP contribution is -2.29. The first-order valence-electron chi connectivity index (χ1n) is 6.87. The normalized spacial score (nSPS) is 16.8. The van der Waals surface area contributed by atoms with Crippen molar-refractivity contribution in [2.75, 3.05) is 18.7 Å². The van der Waals surface area contributed by atoms with Crippen LogP contribution in [0.4, 0.5) is 10.3 Å². The van der Waals surface area contributed by atoms with E-state index in [1.807, 2.05) is 6.26 Å². The maximum Gasteiger partial charge on any atom is 0.338 e. The van der Waals surface area contributed by atoms with E-state index in [2.05, 4.69) is 15.4 Å². The van der Waals surface area contributed by atoms with Crippen LogP contribution in [0.1, 0.15) is 18.5 Å². The van der Waals surface area contributed by atoms with Crippen LogP contribution in [0.5, 0.6) is 0 Å². The summed E-state index contributed by atoms with van der Waals surface area (Å²) in [4.78, 5) is 16.6. The minimum Gasteiger partial charge on any atom is -0.466 e. The van der Waals surface area contributed by atoms with E-state index < -0.39 is 12.0 Å². The van der Waals surface area contributed by atoms with Crippen LogP contribution in [0.25, 0.3) is 0 Å². The van der Waals surface area contributed by atoms with Crippen LogP contribution in [0.3, 0.4) is 0 Å². The maximum absolute atomic E-state index is 13.7. The summed E-state index contributed by atoms with van der Waals surface area (Å²) in [5.74, 6) is -0.362. The number of aromatic nitrogens is 3. The Kier molecular flexibility index (Phi) is 4.08. The Morgan fingerprint density at radius 2 is 2.26 bits per heavy atom. The molecule has 0 spiro atoms. The number of halogens is 1. The summed E-state index contributed by atoms with van der Waals surface area (Å²) in [6, 6.07) is 5.50. The molecule has 23 heavy (non-hydrogen) atoms. The molecule has 0 saturated heterocycles. The van der Waals surface area contributed by atoms with Gasteiger partial charge in [-0.1, -0.05) is 23.9 Å². The van der Waals surface area contributed by atoms with Gasteiger partial charge in [0, 0.05) is 5.70 Å². The smallest absolute Gasteiger partial charge is 0.338 e. The van der Waals surface area contributed by atoms with Crippen molar-refractivity contribution in [3.8, 4) is 0 Å². The van der Waals surface area contributed by atoms with E-state index in [0.717, 1.165) is 0 Å². The van der Waals surface area contributed by atoms with E-state index >= 15 is 0 Å². The number of anilines is 1. The van der Waals surface area contributed by atoms with Crippen LogP contribution >= 0.6 is 11.8 Å². The summed E-state index contributed by atoms with van der Waals surface area (Å²) in [7, 11) is 1.31. The van der Waals surface area contributed by atoms with Gasteiger partial charge in [0.25, 0.3) is 0 Å². The van der Waals surface area contributed by atoms with Crippen LogP contribution in [0.15, 0.2) is 40.7 Å². The van der Waals surface area contributed by atoms with Gasteiger partial charge in [0.2, 0.25) is 11.1 Å². The number of fused-ring (bicyclic) bond motifs is 1.